The molecule has 4 aromatic carbocycles. The van der Waals surface area contributed by atoms with Gasteiger partial charge in [-0.25, -0.2) is 12.8 Å². The molecule has 1 heterocycles. The van der Waals surface area contributed by atoms with Crippen LogP contribution in [0.15, 0.2) is 95.9 Å². The molecule has 0 aliphatic carbocycles. The lowest BCUT2D eigenvalue weighted by Gasteiger charge is -2.32. The molecule has 5 rings (SSSR count). The molecule has 0 saturated heterocycles. The molecular formula is C34H36FN3O4S. The third-order valence-electron chi connectivity index (χ3n) is 7.80. The van der Waals surface area contributed by atoms with Crippen molar-refractivity contribution in [1.29, 1.82) is 0 Å². The molecule has 1 atom stereocenters. The summed E-state index contributed by atoms with van der Waals surface area (Å²) in [6.07, 6.45) is 2.34. The predicted molar refractivity (Wildman–Crippen MR) is 167 cm³/mol. The topological polar surface area (TPSA) is 86.8 Å². The van der Waals surface area contributed by atoms with Gasteiger partial charge in [-0.2, -0.15) is 0 Å². The van der Waals surface area contributed by atoms with Gasteiger partial charge in [0, 0.05) is 37.9 Å². The van der Waals surface area contributed by atoms with E-state index in [9.17, 15) is 22.4 Å². The molecule has 43 heavy (non-hydrogen) atoms. The number of amides is 2. The molecule has 9 heteroatoms. The Kier molecular flexibility index (Phi) is 9.40. The van der Waals surface area contributed by atoms with Gasteiger partial charge in [0.15, 0.2) is 0 Å². The van der Waals surface area contributed by atoms with Gasteiger partial charge in [0.1, 0.15) is 11.9 Å². The van der Waals surface area contributed by atoms with Crippen molar-refractivity contribution in [3.8, 4) is 0 Å². The van der Waals surface area contributed by atoms with Crippen molar-refractivity contribution in [1.82, 2.24) is 10.2 Å². The summed E-state index contributed by atoms with van der Waals surface area (Å²) >= 11 is 0. The fourth-order valence-corrected chi connectivity index (χ4v) is 7.31. The number of sulfonamides is 1. The van der Waals surface area contributed by atoms with E-state index in [-0.39, 0.29) is 48.5 Å². The monoisotopic (exact) mass is 601 g/mol. The molecule has 0 spiro atoms. The highest BCUT2D eigenvalue weighted by Gasteiger charge is 2.36. The summed E-state index contributed by atoms with van der Waals surface area (Å²) in [6, 6.07) is 25.3. The highest BCUT2D eigenvalue weighted by atomic mass is 32.2. The summed E-state index contributed by atoms with van der Waals surface area (Å²) in [7, 11) is -3.74. The number of hydrogen-bond donors (Lipinski definition) is 1. The van der Waals surface area contributed by atoms with E-state index in [1.807, 2.05) is 55.5 Å². The lowest BCUT2D eigenvalue weighted by molar-refractivity contribution is -0.141. The normalized spacial score (nSPS) is 14.0. The number of carbonyl (C=O) groups is 2. The van der Waals surface area contributed by atoms with Gasteiger partial charge in [0.2, 0.25) is 11.8 Å². The molecule has 0 radical (unpaired) electrons. The Labute approximate surface area is 252 Å². The number of anilines is 1. The van der Waals surface area contributed by atoms with Gasteiger partial charge in [-0.1, -0.05) is 80.1 Å². The van der Waals surface area contributed by atoms with Crippen LogP contribution in [0, 0.1) is 5.82 Å². The maximum atomic E-state index is 13.9. The molecule has 4 aromatic rings. The van der Waals surface area contributed by atoms with Crippen molar-refractivity contribution in [2.24, 2.45) is 0 Å². The van der Waals surface area contributed by atoms with E-state index in [2.05, 4.69) is 5.32 Å². The second kappa shape index (κ2) is 13.4. The van der Waals surface area contributed by atoms with Crippen LogP contribution in [0.1, 0.15) is 43.7 Å². The van der Waals surface area contributed by atoms with Gasteiger partial charge in [-0.15, -0.1) is 0 Å². The summed E-state index contributed by atoms with van der Waals surface area (Å²) in [5.41, 5.74) is 2.21. The molecule has 0 bridgehead atoms. The number of rotatable bonds is 13. The third-order valence-corrected chi connectivity index (χ3v) is 9.66. The SMILES string of the molecule is CCCCNC(=O)C(Cc1ccccc1)N(Cc1ccc(F)cc1)C(=O)CCCN1c2cccc3cccc(c23)S1(=O)=O. The number of benzene rings is 4. The summed E-state index contributed by atoms with van der Waals surface area (Å²) < 4.78 is 41.9. The molecule has 0 aromatic heterocycles. The number of nitrogens with one attached hydrogen (secondary N) is 1. The van der Waals surface area contributed by atoms with Crippen molar-refractivity contribution in [3.63, 3.8) is 0 Å². The van der Waals surface area contributed by atoms with E-state index >= 15 is 0 Å². The van der Waals surface area contributed by atoms with Crippen LogP contribution in [0.25, 0.3) is 10.8 Å². The second-order valence-electron chi connectivity index (χ2n) is 10.8. The number of hydrogen-bond acceptors (Lipinski definition) is 4. The molecule has 0 fully saturated rings. The molecular weight excluding hydrogens is 565 g/mol. The van der Waals surface area contributed by atoms with E-state index in [1.54, 1.807) is 35.2 Å². The average molecular weight is 602 g/mol. The largest absolute Gasteiger partial charge is 0.354 e. The first-order valence-electron chi connectivity index (χ1n) is 14.7. The van der Waals surface area contributed by atoms with Crippen LogP contribution in [0.2, 0.25) is 0 Å². The van der Waals surface area contributed by atoms with Crippen LogP contribution in [0.3, 0.4) is 0 Å². The highest BCUT2D eigenvalue weighted by molar-refractivity contribution is 7.93. The highest BCUT2D eigenvalue weighted by Crippen LogP contribution is 2.42. The molecule has 1 aliphatic rings. The van der Waals surface area contributed by atoms with Crippen LogP contribution in [0.4, 0.5) is 10.1 Å². The zero-order valence-electron chi connectivity index (χ0n) is 24.2. The van der Waals surface area contributed by atoms with Crippen molar-refractivity contribution in [2.45, 2.75) is 56.5 Å². The van der Waals surface area contributed by atoms with Crippen molar-refractivity contribution in [2.75, 3.05) is 17.4 Å². The van der Waals surface area contributed by atoms with Gasteiger partial charge in [-0.05, 0) is 53.6 Å². The van der Waals surface area contributed by atoms with Gasteiger partial charge in [-0.3, -0.25) is 13.9 Å². The lowest BCUT2D eigenvalue weighted by Crippen LogP contribution is -2.50. The zero-order chi connectivity index (χ0) is 30.4. The van der Waals surface area contributed by atoms with Crippen LogP contribution >= 0.6 is 0 Å². The Balaban J connectivity index is 1.38. The molecule has 224 valence electrons. The van der Waals surface area contributed by atoms with Crippen LogP contribution in [0.5, 0.6) is 0 Å². The van der Waals surface area contributed by atoms with Gasteiger partial charge >= 0.3 is 0 Å². The Morgan fingerprint density at radius 2 is 1.60 bits per heavy atom. The maximum absolute atomic E-state index is 13.9. The average Bonchev–Trinajstić information content (AvgIpc) is 3.23. The molecule has 7 nitrogen and oxygen atoms in total. The lowest BCUT2D eigenvalue weighted by atomic mass is 10.0. The van der Waals surface area contributed by atoms with E-state index in [0.717, 1.165) is 23.8 Å². The third kappa shape index (κ3) is 6.72. The van der Waals surface area contributed by atoms with Crippen molar-refractivity contribution < 1.29 is 22.4 Å². The fraction of sp³-hybridized carbons (Fsp3) is 0.294. The second-order valence-corrected chi connectivity index (χ2v) is 12.6. The Morgan fingerprint density at radius 3 is 2.33 bits per heavy atom. The number of halogens is 1. The Morgan fingerprint density at radius 1 is 0.884 bits per heavy atom. The first-order valence-corrected chi connectivity index (χ1v) is 16.1. The van der Waals surface area contributed by atoms with Crippen molar-refractivity contribution >= 4 is 38.3 Å². The summed E-state index contributed by atoms with van der Waals surface area (Å²) in [5, 5.41) is 4.53. The summed E-state index contributed by atoms with van der Waals surface area (Å²) in [6.45, 7) is 2.78. The van der Waals surface area contributed by atoms with Crippen molar-refractivity contribution in [3.05, 3.63) is 108 Å². The summed E-state index contributed by atoms with van der Waals surface area (Å²) in [4.78, 5) is 29.3. The molecule has 2 amide bonds. The first kappa shape index (κ1) is 30.2. The number of carbonyl (C=O) groups excluding carboxylic acids is 2. The van der Waals surface area contributed by atoms with Crippen LogP contribution in [-0.4, -0.2) is 44.3 Å². The molecule has 1 N–H and O–H groups in total. The van der Waals surface area contributed by atoms with E-state index < -0.39 is 16.1 Å². The molecule has 1 unspecified atom stereocenters. The standard InChI is InChI=1S/C34H36FN3O4S/c1-2-3-21-36-34(40)30(23-25-10-5-4-6-11-25)37(24-26-17-19-28(35)20-18-26)32(39)16-9-22-38-29-14-7-12-27-13-8-15-31(33(27)29)43(38,41)42/h4-8,10-15,17-20,30H,2-3,9,16,21-24H2,1H3,(H,36,40). The van der Waals surface area contributed by atoms with Gasteiger partial charge in [0.25, 0.3) is 10.0 Å². The minimum atomic E-state index is -3.74. The van der Waals surface area contributed by atoms with Gasteiger partial charge < -0.3 is 10.2 Å². The Hall–Kier alpha value is -4.24. The number of nitrogens with zero attached hydrogens (tertiary/aromatic N) is 2. The van der Waals surface area contributed by atoms with E-state index in [4.69, 9.17) is 0 Å². The van der Waals surface area contributed by atoms with Crippen LogP contribution in [-0.2, 0) is 32.6 Å². The smallest absolute Gasteiger partial charge is 0.265 e. The minimum Gasteiger partial charge on any atom is -0.354 e. The molecule has 1 aliphatic heterocycles. The fourth-order valence-electron chi connectivity index (χ4n) is 5.56. The van der Waals surface area contributed by atoms with Crippen LogP contribution < -0.4 is 9.62 Å². The zero-order valence-corrected chi connectivity index (χ0v) is 25.0. The minimum absolute atomic E-state index is 0.0348. The van der Waals surface area contributed by atoms with E-state index in [0.29, 0.717) is 29.6 Å². The predicted octanol–water partition coefficient (Wildman–Crippen LogP) is 5.82. The molecule has 0 saturated carbocycles. The Bertz CT molecular complexity index is 1690. The van der Waals surface area contributed by atoms with E-state index in [1.165, 1.54) is 16.4 Å². The quantitative estimate of drug-likeness (QED) is 0.196. The number of unbranched alkanes of at least 4 members (excludes halogenated alkanes) is 1. The first-order chi connectivity index (χ1) is 20.8. The maximum Gasteiger partial charge on any atom is 0.265 e. The summed E-state index contributed by atoms with van der Waals surface area (Å²) in [5.74, 6) is -0.914. The van der Waals surface area contributed by atoms with Gasteiger partial charge in [0.05, 0.1) is 10.6 Å².